The predicted octanol–water partition coefficient (Wildman–Crippen LogP) is 4.45. The number of carbonyl (C=O) groups is 1. The lowest BCUT2D eigenvalue weighted by atomic mass is 10.2. The minimum absolute atomic E-state index is 0.226. The Morgan fingerprint density at radius 3 is 2.66 bits per heavy atom. The normalized spacial score (nSPS) is 11.3. The second-order valence-corrected chi connectivity index (χ2v) is 8.80. The van der Waals surface area contributed by atoms with Gasteiger partial charge in [-0.25, -0.2) is 9.78 Å². The fourth-order valence-electron chi connectivity index (χ4n) is 2.87. The summed E-state index contributed by atoms with van der Waals surface area (Å²) in [6.45, 7) is 4.99. The SMILES string of the molecule is COc1cc(C=Nn2c(C)nc3ccc(Br)cc3c2=O)c(Br)cc1OCC(=O)OC(C)C. The fraction of sp³-hybridized carbons (Fsp3) is 0.273. The highest BCUT2D eigenvalue weighted by molar-refractivity contribution is 9.10. The molecule has 0 saturated carbocycles. The number of aryl methyl sites for hydroxylation is 1. The molecule has 3 rings (SSSR count). The molecule has 10 heteroatoms. The van der Waals surface area contributed by atoms with Crippen molar-refractivity contribution < 1.29 is 19.0 Å². The van der Waals surface area contributed by atoms with Gasteiger partial charge >= 0.3 is 5.97 Å². The molecule has 0 atom stereocenters. The van der Waals surface area contributed by atoms with Gasteiger partial charge in [0.25, 0.3) is 5.56 Å². The van der Waals surface area contributed by atoms with Crippen LogP contribution >= 0.6 is 31.9 Å². The zero-order valence-electron chi connectivity index (χ0n) is 17.9. The van der Waals surface area contributed by atoms with Crippen LogP contribution in [0.3, 0.4) is 0 Å². The van der Waals surface area contributed by atoms with Crippen molar-refractivity contribution in [1.29, 1.82) is 0 Å². The van der Waals surface area contributed by atoms with Crippen LogP contribution in [-0.4, -0.2) is 41.7 Å². The van der Waals surface area contributed by atoms with E-state index in [1.54, 1.807) is 45.0 Å². The van der Waals surface area contributed by atoms with Gasteiger partial charge in [-0.15, -0.1) is 0 Å². The first kappa shape index (κ1) is 23.9. The molecule has 0 aliphatic carbocycles. The van der Waals surface area contributed by atoms with E-state index in [4.69, 9.17) is 14.2 Å². The van der Waals surface area contributed by atoms with E-state index in [1.807, 2.05) is 6.07 Å². The molecule has 0 bridgehead atoms. The Kier molecular flexibility index (Phi) is 7.68. The van der Waals surface area contributed by atoms with E-state index < -0.39 is 5.97 Å². The number of nitrogens with zero attached hydrogens (tertiary/aromatic N) is 3. The minimum Gasteiger partial charge on any atom is -0.493 e. The van der Waals surface area contributed by atoms with Crippen LogP contribution in [0.2, 0.25) is 0 Å². The van der Waals surface area contributed by atoms with E-state index in [9.17, 15) is 9.59 Å². The van der Waals surface area contributed by atoms with E-state index in [2.05, 4.69) is 41.9 Å². The van der Waals surface area contributed by atoms with Crippen LogP contribution in [0.15, 0.2) is 49.2 Å². The summed E-state index contributed by atoms with van der Waals surface area (Å²) in [7, 11) is 1.49. The Morgan fingerprint density at radius 2 is 1.97 bits per heavy atom. The van der Waals surface area contributed by atoms with E-state index >= 15 is 0 Å². The first-order valence-electron chi connectivity index (χ1n) is 9.62. The zero-order valence-corrected chi connectivity index (χ0v) is 21.1. The van der Waals surface area contributed by atoms with Crippen LogP contribution < -0.4 is 15.0 Å². The number of halogens is 2. The number of rotatable bonds is 7. The molecular weight excluding hydrogens is 546 g/mol. The lowest BCUT2D eigenvalue weighted by Gasteiger charge is -2.13. The molecule has 0 unspecified atom stereocenters. The van der Waals surface area contributed by atoms with Crippen molar-refractivity contribution in [3.8, 4) is 11.5 Å². The number of hydrogen-bond acceptors (Lipinski definition) is 7. The van der Waals surface area contributed by atoms with E-state index in [0.29, 0.717) is 38.3 Å². The Balaban J connectivity index is 1.91. The number of esters is 1. The molecule has 0 saturated heterocycles. The number of hydrogen-bond donors (Lipinski definition) is 0. The van der Waals surface area contributed by atoms with Gasteiger partial charge in [-0.2, -0.15) is 9.78 Å². The molecule has 0 radical (unpaired) electrons. The van der Waals surface area contributed by atoms with Gasteiger partial charge in [0.05, 0.1) is 30.3 Å². The number of fused-ring (bicyclic) bond motifs is 1. The zero-order chi connectivity index (χ0) is 23.4. The first-order chi connectivity index (χ1) is 15.2. The van der Waals surface area contributed by atoms with Crippen LogP contribution in [0.1, 0.15) is 25.2 Å². The third kappa shape index (κ3) is 5.55. The maximum Gasteiger partial charge on any atom is 0.344 e. The molecule has 0 spiro atoms. The molecule has 2 aromatic carbocycles. The van der Waals surface area contributed by atoms with Crippen molar-refractivity contribution in [2.24, 2.45) is 5.10 Å². The van der Waals surface area contributed by atoms with Crippen molar-refractivity contribution in [2.45, 2.75) is 26.9 Å². The van der Waals surface area contributed by atoms with Gasteiger partial charge in [-0.05, 0) is 67.0 Å². The topological polar surface area (TPSA) is 92.0 Å². The maximum absolute atomic E-state index is 12.9. The highest BCUT2D eigenvalue weighted by atomic mass is 79.9. The first-order valence-corrected chi connectivity index (χ1v) is 11.2. The van der Waals surface area contributed by atoms with Crippen molar-refractivity contribution >= 4 is 54.9 Å². The van der Waals surface area contributed by atoms with Gasteiger partial charge in [0.15, 0.2) is 18.1 Å². The second kappa shape index (κ2) is 10.3. The van der Waals surface area contributed by atoms with Gasteiger partial charge in [0.1, 0.15) is 5.82 Å². The van der Waals surface area contributed by atoms with Crippen molar-refractivity contribution in [1.82, 2.24) is 9.66 Å². The summed E-state index contributed by atoms with van der Waals surface area (Å²) in [5.74, 6) is 0.737. The van der Waals surface area contributed by atoms with Crippen molar-refractivity contribution in [3.05, 3.63) is 61.0 Å². The van der Waals surface area contributed by atoms with E-state index in [0.717, 1.165) is 4.47 Å². The Labute approximate surface area is 201 Å². The Bertz CT molecular complexity index is 1250. The van der Waals surface area contributed by atoms with Crippen molar-refractivity contribution in [3.63, 3.8) is 0 Å². The predicted molar refractivity (Wildman–Crippen MR) is 129 cm³/mol. The number of ether oxygens (including phenoxy) is 3. The third-order valence-electron chi connectivity index (χ3n) is 4.28. The van der Waals surface area contributed by atoms with Crippen LogP contribution in [0.5, 0.6) is 11.5 Å². The molecule has 32 heavy (non-hydrogen) atoms. The van der Waals surface area contributed by atoms with Gasteiger partial charge in [0, 0.05) is 14.5 Å². The maximum atomic E-state index is 12.9. The lowest BCUT2D eigenvalue weighted by molar-refractivity contribution is -0.149. The van der Waals surface area contributed by atoms with E-state index in [1.165, 1.54) is 18.0 Å². The van der Waals surface area contributed by atoms with Gasteiger partial charge in [-0.1, -0.05) is 15.9 Å². The summed E-state index contributed by atoms with van der Waals surface area (Å²) in [5.41, 5.74) is 0.957. The minimum atomic E-state index is -0.478. The smallest absolute Gasteiger partial charge is 0.344 e. The van der Waals surface area contributed by atoms with Crippen LogP contribution in [-0.2, 0) is 9.53 Å². The summed E-state index contributed by atoms with van der Waals surface area (Å²) in [6, 6.07) is 8.66. The molecule has 3 aromatic rings. The van der Waals surface area contributed by atoms with Crippen molar-refractivity contribution in [2.75, 3.05) is 13.7 Å². The van der Waals surface area contributed by atoms with Crippen LogP contribution in [0.4, 0.5) is 0 Å². The molecule has 8 nitrogen and oxygen atoms in total. The molecular formula is C22H21Br2N3O5. The summed E-state index contributed by atoms with van der Waals surface area (Å²) in [5, 5.41) is 4.78. The van der Waals surface area contributed by atoms with Gasteiger partial charge in [0.2, 0.25) is 0 Å². The highest BCUT2D eigenvalue weighted by Gasteiger charge is 2.13. The number of carbonyl (C=O) groups excluding carboxylic acids is 1. The number of methoxy groups -OCH3 is 1. The monoisotopic (exact) mass is 565 g/mol. The molecule has 0 aliphatic heterocycles. The fourth-order valence-corrected chi connectivity index (χ4v) is 3.66. The Hall–Kier alpha value is -2.72. The molecule has 1 aromatic heterocycles. The molecule has 0 aliphatic rings. The molecule has 0 fully saturated rings. The number of benzene rings is 2. The van der Waals surface area contributed by atoms with Crippen LogP contribution in [0.25, 0.3) is 10.9 Å². The Morgan fingerprint density at radius 1 is 1.22 bits per heavy atom. The summed E-state index contributed by atoms with van der Waals surface area (Å²) in [6.07, 6.45) is 1.29. The van der Waals surface area contributed by atoms with Crippen LogP contribution in [0, 0.1) is 6.92 Å². The molecule has 1 heterocycles. The summed E-state index contributed by atoms with van der Waals surface area (Å²) < 4.78 is 18.6. The largest absolute Gasteiger partial charge is 0.493 e. The van der Waals surface area contributed by atoms with Gasteiger partial charge in [-0.3, -0.25) is 4.79 Å². The van der Waals surface area contributed by atoms with E-state index in [-0.39, 0.29) is 18.3 Å². The average Bonchev–Trinajstić information content (AvgIpc) is 2.73. The summed E-state index contributed by atoms with van der Waals surface area (Å²) in [4.78, 5) is 29.1. The lowest BCUT2D eigenvalue weighted by Crippen LogP contribution is -2.20. The summed E-state index contributed by atoms with van der Waals surface area (Å²) >= 11 is 6.84. The third-order valence-corrected chi connectivity index (χ3v) is 5.46. The van der Waals surface area contributed by atoms with Gasteiger partial charge < -0.3 is 14.2 Å². The quantitative estimate of drug-likeness (QED) is 0.310. The highest BCUT2D eigenvalue weighted by Crippen LogP contribution is 2.33. The molecule has 0 N–H and O–H groups in total. The molecule has 0 amide bonds. The average molecular weight is 567 g/mol. The second-order valence-electron chi connectivity index (χ2n) is 7.03. The standard InChI is InChI=1S/C22H21Br2N3O5/c1-12(2)32-21(28)11-31-20-9-17(24)14(7-19(20)30-4)10-25-27-13(3)26-18-6-5-15(23)8-16(18)22(27)29/h5-10,12H,11H2,1-4H3. The molecule has 168 valence electrons. The number of aromatic nitrogens is 2.